The molecule has 0 aromatic carbocycles. The SMILES string of the molecule is c1nc2c(c(N3CCC(c4noc(C5CC5)n4)CC3)n1)CCCCC2. The number of piperidine rings is 1. The van der Waals surface area contributed by atoms with E-state index in [2.05, 4.69) is 25.0 Å². The van der Waals surface area contributed by atoms with E-state index >= 15 is 0 Å². The van der Waals surface area contributed by atoms with Gasteiger partial charge in [0.25, 0.3) is 0 Å². The van der Waals surface area contributed by atoms with Crippen LogP contribution >= 0.6 is 0 Å². The second-order valence-corrected chi connectivity index (χ2v) is 7.71. The summed E-state index contributed by atoms with van der Waals surface area (Å²) < 4.78 is 5.45. The summed E-state index contributed by atoms with van der Waals surface area (Å²) in [6.45, 7) is 2.03. The van der Waals surface area contributed by atoms with E-state index in [0.29, 0.717) is 11.8 Å². The molecule has 6 heteroatoms. The van der Waals surface area contributed by atoms with Crippen molar-refractivity contribution in [3.05, 3.63) is 29.3 Å². The van der Waals surface area contributed by atoms with Gasteiger partial charge in [-0.15, -0.1) is 0 Å². The fourth-order valence-corrected chi connectivity index (χ4v) is 4.21. The Morgan fingerprint density at radius 3 is 2.60 bits per heavy atom. The molecule has 0 spiro atoms. The Hall–Kier alpha value is -1.98. The van der Waals surface area contributed by atoms with Crippen molar-refractivity contribution in [3.63, 3.8) is 0 Å². The fraction of sp³-hybridized carbons (Fsp3) is 0.684. The molecule has 0 radical (unpaired) electrons. The minimum absolute atomic E-state index is 0.424. The van der Waals surface area contributed by atoms with Crippen molar-refractivity contribution in [2.75, 3.05) is 18.0 Å². The highest BCUT2D eigenvalue weighted by molar-refractivity contribution is 5.49. The molecule has 2 aliphatic carbocycles. The van der Waals surface area contributed by atoms with Gasteiger partial charge in [-0.1, -0.05) is 11.6 Å². The van der Waals surface area contributed by atoms with Crippen LogP contribution in [0.25, 0.3) is 0 Å². The van der Waals surface area contributed by atoms with Crippen LogP contribution < -0.4 is 4.90 Å². The van der Waals surface area contributed by atoms with Crippen LogP contribution in [-0.4, -0.2) is 33.2 Å². The van der Waals surface area contributed by atoms with Gasteiger partial charge in [0.15, 0.2) is 5.82 Å². The van der Waals surface area contributed by atoms with Crippen LogP contribution in [-0.2, 0) is 12.8 Å². The first-order valence-electron chi connectivity index (χ1n) is 9.79. The molecular formula is C19H25N5O. The van der Waals surface area contributed by atoms with Gasteiger partial charge in [0.05, 0.1) is 0 Å². The lowest BCUT2D eigenvalue weighted by Crippen LogP contribution is -2.34. The Labute approximate surface area is 148 Å². The van der Waals surface area contributed by atoms with Crippen molar-refractivity contribution in [2.45, 2.75) is 69.6 Å². The number of hydrogen-bond donors (Lipinski definition) is 0. The highest BCUT2D eigenvalue weighted by Crippen LogP contribution is 2.40. The summed E-state index contributed by atoms with van der Waals surface area (Å²) in [5.74, 6) is 3.92. The standard InChI is InChI=1S/C19H25N5O/c1-2-4-15-16(5-3-1)20-12-21-18(15)24-10-8-13(9-11-24)17-22-19(25-23-17)14-6-7-14/h12-14H,1-11H2. The van der Waals surface area contributed by atoms with Crippen molar-refractivity contribution in [3.8, 4) is 0 Å². The Morgan fingerprint density at radius 1 is 0.920 bits per heavy atom. The molecular weight excluding hydrogens is 314 g/mol. The Morgan fingerprint density at radius 2 is 1.76 bits per heavy atom. The van der Waals surface area contributed by atoms with Crippen molar-refractivity contribution >= 4 is 5.82 Å². The molecule has 0 atom stereocenters. The largest absolute Gasteiger partial charge is 0.356 e. The first-order valence-corrected chi connectivity index (χ1v) is 9.79. The second-order valence-electron chi connectivity index (χ2n) is 7.71. The number of fused-ring (bicyclic) bond motifs is 1. The third kappa shape index (κ3) is 3.02. The van der Waals surface area contributed by atoms with E-state index < -0.39 is 0 Å². The molecule has 0 unspecified atom stereocenters. The van der Waals surface area contributed by atoms with E-state index in [0.717, 1.165) is 50.5 Å². The third-order valence-electron chi connectivity index (χ3n) is 5.90. The second kappa shape index (κ2) is 6.39. The zero-order valence-electron chi connectivity index (χ0n) is 14.7. The number of hydrogen-bond acceptors (Lipinski definition) is 6. The molecule has 5 rings (SSSR count). The summed E-state index contributed by atoms with van der Waals surface area (Å²) in [7, 11) is 0. The van der Waals surface area contributed by atoms with E-state index in [-0.39, 0.29) is 0 Å². The van der Waals surface area contributed by atoms with Crippen molar-refractivity contribution in [1.82, 2.24) is 20.1 Å². The molecule has 3 aliphatic rings. The molecule has 6 nitrogen and oxygen atoms in total. The molecule has 3 heterocycles. The zero-order chi connectivity index (χ0) is 16.6. The van der Waals surface area contributed by atoms with Gasteiger partial charge < -0.3 is 9.42 Å². The Kier molecular flexibility index (Phi) is 3.91. The van der Waals surface area contributed by atoms with Crippen molar-refractivity contribution < 1.29 is 4.52 Å². The molecule has 1 aliphatic heterocycles. The smallest absolute Gasteiger partial charge is 0.229 e. The lowest BCUT2D eigenvalue weighted by molar-refractivity contribution is 0.364. The summed E-state index contributed by atoms with van der Waals surface area (Å²) in [6.07, 6.45) is 12.4. The molecule has 132 valence electrons. The van der Waals surface area contributed by atoms with Crippen molar-refractivity contribution in [2.24, 2.45) is 0 Å². The van der Waals surface area contributed by atoms with E-state index in [1.54, 1.807) is 6.33 Å². The zero-order valence-corrected chi connectivity index (χ0v) is 14.7. The van der Waals surface area contributed by atoms with Gasteiger partial charge >= 0.3 is 0 Å². The van der Waals surface area contributed by atoms with Crippen LogP contribution in [0.15, 0.2) is 10.9 Å². The molecule has 1 saturated heterocycles. The first-order chi connectivity index (χ1) is 12.4. The van der Waals surface area contributed by atoms with E-state index in [1.807, 2.05) is 0 Å². The average Bonchev–Trinajstić information content (AvgIpc) is 3.44. The maximum atomic E-state index is 5.45. The van der Waals surface area contributed by atoms with E-state index in [4.69, 9.17) is 4.52 Å². The molecule has 1 saturated carbocycles. The number of aromatic nitrogens is 4. The highest BCUT2D eigenvalue weighted by atomic mass is 16.5. The molecule has 0 amide bonds. The minimum Gasteiger partial charge on any atom is -0.356 e. The van der Waals surface area contributed by atoms with Crippen LogP contribution in [0.1, 0.15) is 79.8 Å². The lowest BCUT2D eigenvalue weighted by atomic mass is 9.95. The Bertz CT molecular complexity index is 746. The molecule has 0 bridgehead atoms. The maximum absolute atomic E-state index is 5.45. The highest BCUT2D eigenvalue weighted by Gasteiger charge is 2.32. The van der Waals surface area contributed by atoms with Crippen LogP contribution in [0.3, 0.4) is 0 Å². The molecule has 2 fully saturated rings. The summed E-state index contributed by atoms with van der Waals surface area (Å²) >= 11 is 0. The van der Waals surface area contributed by atoms with Gasteiger partial charge in [0, 0.05) is 36.2 Å². The maximum Gasteiger partial charge on any atom is 0.229 e. The quantitative estimate of drug-likeness (QED) is 0.799. The number of nitrogens with zero attached hydrogens (tertiary/aromatic N) is 5. The lowest BCUT2D eigenvalue weighted by Gasteiger charge is -2.33. The summed E-state index contributed by atoms with van der Waals surface area (Å²) in [5, 5.41) is 4.25. The first kappa shape index (κ1) is 15.3. The average molecular weight is 339 g/mol. The van der Waals surface area contributed by atoms with E-state index in [9.17, 15) is 0 Å². The molecule has 25 heavy (non-hydrogen) atoms. The predicted octanol–water partition coefficient (Wildman–Crippen LogP) is 3.39. The van der Waals surface area contributed by atoms with Gasteiger partial charge in [-0.3, -0.25) is 0 Å². The predicted molar refractivity (Wildman–Crippen MR) is 93.8 cm³/mol. The summed E-state index contributed by atoms with van der Waals surface area (Å²) in [6, 6.07) is 0. The number of aryl methyl sites for hydroxylation is 1. The normalized spacial score (nSPS) is 21.8. The summed E-state index contributed by atoms with van der Waals surface area (Å²) in [5.41, 5.74) is 2.67. The summed E-state index contributed by atoms with van der Waals surface area (Å²) in [4.78, 5) is 16.3. The van der Waals surface area contributed by atoms with Gasteiger partial charge in [-0.2, -0.15) is 4.98 Å². The number of anilines is 1. The van der Waals surface area contributed by atoms with Gasteiger partial charge in [0.2, 0.25) is 5.89 Å². The minimum atomic E-state index is 0.424. The van der Waals surface area contributed by atoms with Gasteiger partial charge in [-0.05, 0) is 51.4 Å². The molecule has 0 N–H and O–H groups in total. The van der Waals surface area contributed by atoms with E-state index in [1.165, 1.54) is 49.2 Å². The monoisotopic (exact) mass is 339 g/mol. The molecule has 2 aromatic rings. The molecule has 2 aromatic heterocycles. The van der Waals surface area contributed by atoms with Crippen molar-refractivity contribution in [1.29, 1.82) is 0 Å². The number of rotatable bonds is 3. The fourth-order valence-electron chi connectivity index (χ4n) is 4.21. The van der Waals surface area contributed by atoms with Crippen LogP contribution in [0.2, 0.25) is 0 Å². The van der Waals surface area contributed by atoms with Crippen LogP contribution in [0.4, 0.5) is 5.82 Å². The van der Waals surface area contributed by atoms with Gasteiger partial charge in [-0.25, -0.2) is 9.97 Å². The van der Waals surface area contributed by atoms with Crippen LogP contribution in [0.5, 0.6) is 0 Å². The Balaban J connectivity index is 1.30. The van der Waals surface area contributed by atoms with Crippen LogP contribution in [0, 0.1) is 0 Å². The van der Waals surface area contributed by atoms with Gasteiger partial charge in [0.1, 0.15) is 12.1 Å². The third-order valence-corrected chi connectivity index (χ3v) is 5.90. The topological polar surface area (TPSA) is 67.9 Å².